The Kier molecular flexibility index (Phi) is 14.1. The summed E-state index contributed by atoms with van der Waals surface area (Å²) in [5, 5.41) is 23.2. The Morgan fingerprint density at radius 2 is 1.33 bits per heavy atom. The summed E-state index contributed by atoms with van der Waals surface area (Å²) < 4.78 is 9.23. The van der Waals surface area contributed by atoms with E-state index in [1.54, 1.807) is 31.0 Å². The molecule has 0 amide bonds. The van der Waals surface area contributed by atoms with Crippen LogP contribution in [-0.4, -0.2) is 75.4 Å². The van der Waals surface area contributed by atoms with Crippen molar-refractivity contribution in [2.24, 2.45) is 25.0 Å². The Bertz CT molecular complexity index is 2430. The van der Waals surface area contributed by atoms with E-state index < -0.39 is 5.97 Å². The number of fused-ring (bicyclic) bond motifs is 2. The molecule has 0 spiro atoms. The number of carboxylic acids is 1. The number of oxime groups is 1. The van der Waals surface area contributed by atoms with E-state index in [2.05, 4.69) is 65.3 Å². The van der Waals surface area contributed by atoms with Gasteiger partial charge in [0.1, 0.15) is 28.5 Å². The summed E-state index contributed by atoms with van der Waals surface area (Å²) in [6.07, 6.45) is 8.74. The first-order valence-electron chi connectivity index (χ1n) is 17.1. The second kappa shape index (κ2) is 18.5. The fourth-order valence-electron chi connectivity index (χ4n) is 5.73. The molecule has 5 aromatic heterocycles. The van der Waals surface area contributed by atoms with Crippen LogP contribution in [0.1, 0.15) is 48.1 Å². The van der Waals surface area contributed by atoms with Crippen LogP contribution in [0.25, 0.3) is 33.5 Å². The molecule has 0 fully saturated rings. The Morgan fingerprint density at radius 1 is 0.836 bits per heavy atom. The first-order chi connectivity index (χ1) is 25.8. The quantitative estimate of drug-likeness (QED) is 0.0670. The summed E-state index contributed by atoms with van der Waals surface area (Å²) in [6, 6.07) is 15.4. The van der Waals surface area contributed by atoms with Crippen LogP contribution in [0, 0.1) is 6.92 Å². The van der Waals surface area contributed by atoms with E-state index in [4.69, 9.17) is 20.6 Å². The molecule has 0 saturated carbocycles. The minimum absolute atomic E-state index is 0. The standard InChI is InChI=1S/C19H20N6O.C17H18N4O2.C2H6N2O.Na/c1-5-13-8-14(19-22-12(2)23-26-19)6-7-16(13)25(4)18-9-17-15(10-20-18)21-11-24(17)3;1-4-11-7-12(17(22)23)5-6-14(11)21(3)16-8-15-13(9-18-16)19-10-20(15)2;1-2(3)4-5;/h6-11H,5H2,1-4H3;5-10H,4H2,1-3H3,(H,22,23);5H,1H3,(H2,3,4);/q;;;+1. The molecule has 4 N–H and O–H groups in total. The second-order valence-corrected chi connectivity index (χ2v) is 12.5. The molecule has 0 atom stereocenters. The van der Waals surface area contributed by atoms with Gasteiger partial charge in [-0.25, -0.2) is 24.7 Å². The molecule has 0 radical (unpaired) electrons. The largest absolute Gasteiger partial charge is 1.00 e. The van der Waals surface area contributed by atoms with E-state index in [0.717, 1.165) is 69.0 Å². The van der Waals surface area contributed by atoms with E-state index >= 15 is 0 Å². The average Bonchev–Trinajstić information content (AvgIpc) is 3.91. The number of amidine groups is 1. The number of nitrogens with zero attached hydrogens (tertiary/aromatic N) is 11. The number of benzene rings is 2. The molecule has 0 aliphatic rings. The number of pyridine rings is 2. The van der Waals surface area contributed by atoms with E-state index in [0.29, 0.717) is 17.3 Å². The number of imidazole rings is 2. The molecule has 2 aromatic carbocycles. The van der Waals surface area contributed by atoms with Gasteiger partial charge in [0.05, 0.1) is 41.6 Å². The molecular weight excluding hydrogens is 711 g/mol. The summed E-state index contributed by atoms with van der Waals surface area (Å²) in [7, 11) is 7.88. The zero-order chi connectivity index (χ0) is 39.1. The SMILES string of the molecule is C/C(N)=N\O.CCc1cc(-c2nc(C)no2)ccc1N(C)c1cc2c(cn1)ncn2C.CCc1cc(C(=O)O)ccc1N(C)c1cc2c(cn1)ncn2C.[Na+]. The number of carboxylic acid groups (broad SMARTS) is 1. The van der Waals surface area contributed by atoms with Crippen LogP contribution in [0.5, 0.6) is 0 Å². The molecule has 17 heteroatoms. The zero-order valence-corrected chi connectivity index (χ0v) is 34.6. The molecule has 5 heterocycles. The minimum Gasteiger partial charge on any atom is -0.478 e. The smallest absolute Gasteiger partial charge is 0.478 e. The third-order valence-corrected chi connectivity index (χ3v) is 8.70. The topological polar surface area (TPSA) is 203 Å². The monoisotopic (exact) mass is 755 g/mol. The van der Waals surface area contributed by atoms with Gasteiger partial charge in [-0.2, -0.15) is 4.98 Å². The van der Waals surface area contributed by atoms with Gasteiger partial charge in [0, 0.05) is 57.3 Å². The van der Waals surface area contributed by atoms with Crippen LogP contribution in [0.3, 0.4) is 0 Å². The molecule has 7 rings (SSSR count). The molecule has 280 valence electrons. The summed E-state index contributed by atoms with van der Waals surface area (Å²) in [4.78, 5) is 37.1. The van der Waals surface area contributed by atoms with Crippen molar-refractivity contribution in [3.63, 3.8) is 0 Å². The van der Waals surface area contributed by atoms with Crippen molar-refractivity contribution < 1.29 is 49.2 Å². The Balaban J connectivity index is 0.000000216. The van der Waals surface area contributed by atoms with Crippen molar-refractivity contribution in [3.8, 4) is 11.5 Å². The maximum absolute atomic E-state index is 11.1. The van der Waals surface area contributed by atoms with Crippen molar-refractivity contribution in [2.45, 2.75) is 40.5 Å². The van der Waals surface area contributed by atoms with E-state index in [-0.39, 0.29) is 35.4 Å². The number of hydrogen-bond acceptors (Lipinski definition) is 12. The fourth-order valence-corrected chi connectivity index (χ4v) is 5.73. The number of aryl methyl sites for hydroxylation is 5. The zero-order valence-electron chi connectivity index (χ0n) is 32.6. The maximum atomic E-state index is 11.1. The Morgan fingerprint density at radius 3 is 1.76 bits per heavy atom. The normalized spacial score (nSPS) is 10.9. The van der Waals surface area contributed by atoms with Gasteiger partial charge in [-0.05, 0) is 74.2 Å². The predicted octanol–water partition coefficient (Wildman–Crippen LogP) is 3.41. The predicted molar refractivity (Wildman–Crippen MR) is 209 cm³/mol. The van der Waals surface area contributed by atoms with E-state index in [1.165, 1.54) is 12.5 Å². The van der Waals surface area contributed by atoms with Crippen LogP contribution in [0.2, 0.25) is 0 Å². The van der Waals surface area contributed by atoms with Gasteiger partial charge in [0.15, 0.2) is 5.82 Å². The first-order valence-corrected chi connectivity index (χ1v) is 17.1. The van der Waals surface area contributed by atoms with Crippen LogP contribution >= 0.6 is 0 Å². The molecule has 0 aliphatic heterocycles. The van der Waals surface area contributed by atoms with E-state index in [1.807, 2.05) is 80.5 Å². The molecule has 7 aromatic rings. The molecule has 0 aliphatic carbocycles. The second-order valence-electron chi connectivity index (χ2n) is 12.5. The van der Waals surface area contributed by atoms with Crippen LogP contribution < -0.4 is 45.1 Å². The van der Waals surface area contributed by atoms with Gasteiger partial charge < -0.3 is 39.5 Å². The molecular formula is C38H44N12NaO4+. The molecule has 0 saturated heterocycles. The number of nitrogens with two attached hydrogens (primary N) is 1. The van der Waals surface area contributed by atoms with Gasteiger partial charge in [-0.15, -0.1) is 0 Å². The number of anilines is 4. The van der Waals surface area contributed by atoms with Gasteiger partial charge in [-0.1, -0.05) is 24.2 Å². The number of aromatic nitrogens is 8. The number of aromatic carboxylic acids is 1. The summed E-state index contributed by atoms with van der Waals surface area (Å²) in [5.74, 6) is 2.11. The third kappa shape index (κ3) is 9.64. The van der Waals surface area contributed by atoms with Crippen LogP contribution in [0.4, 0.5) is 23.0 Å². The van der Waals surface area contributed by atoms with Gasteiger partial charge in [-0.3, -0.25) is 0 Å². The van der Waals surface area contributed by atoms with Crippen molar-refractivity contribution in [2.75, 3.05) is 23.9 Å². The minimum atomic E-state index is -0.914. The van der Waals surface area contributed by atoms with Crippen molar-refractivity contribution in [3.05, 3.63) is 96.1 Å². The molecule has 55 heavy (non-hydrogen) atoms. The summed E-state index contributed by atoms with van der Waals surface area (Å²) in [6.45, 7) is 7.46. The van der Waals surface area contributed by atoms with Gasteiger partial charge >= 0.3 is 35.5 Å². The third-order valence-electron chi connectivity index (χ3n) is 8.70. The maximum Gasteiger partial charge on any atom is 1.00 e. The fraction of sp³-hybridized carbons (Fsp3) is 0.263. The molecule has 16 nitrogen and oxygen atoms in total. The number of carbonyl (C=O) groups is 1. The van der Waals surface area contributed by atoms with E-state index in [9.17, 15) is 4.79 Å². The van der Waals surface area contributed by atoms with Crippen molar-refractivity contribution in [1.29, 1.82) is 0 Å². The van der Waals surface area contributed by atoms with Crippen LogP contribution in [-0.2, 0) is 26.9 Å². The van der Waals surface area contributed by atoms with Gasteiger partial charge in [0.25, 0.3) is 5.89 Å². The van der Waals surface area contributed by atoms with Crippen LogP contribution in [0.15, 0.2) is 83.3 Å². The summed E-state index contributed by atoms with van der Waals surface area (Å²) >= 11 is 0. The van der Waals surface area contributed by atoms with Gasteiger partial charge in [0.2, 0.25) is 0 Å². The Labute approximate surface area is 340 Å². The molecule has 0 bridgehead atoms. The Hall–Kier alpha value is -5.84. The van der Waals surface area contributed by atoms with Crippen molar-refractivity contribution >= 4 is 56.9 Å². The average molecular weight is 756 g/mol. The molecule has 0 unspecified atom stereocenters. The summed E-state index contributed by atoms with van der Waals surface area (Å²) in [5.41, 5.74) is 14.0. The number of hydrogen-bond donors (Lipinski definition) is 3. The number of rotatable bonds is 8. The first kappa shape index (κ1) is 41.9. The van der Waals surface area contributed by atoms with Crippen molar-refractivity contribution in [1.82, 2.24) is 39.2 Å².